The van der Waals surface area contributed by atoms with E-state index in [0.717, 1.165) is 0 Å². The third-order valence-electron chi connectivity index (χ3n) is 1.49. The fourth-order valence-electron chi connectivity index (χ4n) is 0.668. The summed E-state index contributed by atoms with van der Waals surface area (Å²) in [6, 6.07) is 0.538. The van der Waals surface area contributed by atoms with E-state index in [0.29, 0.717) is 24.6 Å². The molecule has 0 N–H and O–H groups in total. The van der Waals surface area contributed by atoms with Crippen LogP contribution in [0.3, 0.4) is 0 Å². The van der Waals surface area contributed by atoms with Gasteiger partial charge in [-0.05, 0) is 19.4 Å². The Hall–Kier alpha value is -0.0331. The van der Waals surface area contributed by atoms with Gasteiger partial charge in [0.15, 0.2) is 0 Å². The number of rotatable bonds is 6. The van der Waals surface area contributed by atoms with Crippen LogP contribution in [-0.2, 0) is 14.0 Å². The number of carbonyl (C=O) groups is 1. The van der Waals surface area contributed by atoms with Crippen LogP contribution in [0.5, 0.6) is 0 Å². The number of ether oxygens (including phenoxy) is 1. The average molecular weight is 257 g/mol. The quantitative estimate of drug-likeness (QED) is 0.241. The summed E-state index contributed by atoms with van der Waals surface area (Å²) in [5.41, 5.74) is 0.386. The average Bonchev–Trinajstić information content (AvgIpc) is 2.12. The Morgan fingerprint density at radius 2 is 2.07 bits per heavy atom. The van der Waals surface area contributed by atoms with E-state index in [1.807, 2.05) is 0 Å². The highest BCUT2D eigenvalue weighted by atomic mass is 35.7. The maximum Gasteiger partial charge on any atom is 0.389 e. The Bertz CT molecular complexity index is 219. The van der Waals surface area contributed by atoms with E-state index in [-0.39, 0.29) is 5.97 Å². The molecular weight excluding hydrogens is 243 g/mol. The van der Waals surface area contributed by atoms with Gasteiger partial charge in [0.05, 0.1) is 6.61 Å². The third kappa shape index (κ3) is 6.43. The Labute approximate surface area is 94.5 Å². The fourth-order valence-corrected chi connectivity index (χ4v) is 2.23. The topological polar surface area (TPSA) is 35.5 Å². The molecule has 0 heterocycles. The first-order chi connectivity index (χ1) is 6.39. The van der Waals surface area contributed by atoms with Crippen molar-refractivity contribution in [1.82, 2.24) is 0 Å². The highest BCUT2D eigenvalue weighted by Gasteiger charge is 2.28. The van der Waals surface area contributed by atoms with Gasteiger partial charge < -0.3 is 9.16 Å². The molecule has 0 atom stereocenters. The van der Waals surface area contributed by atoms with E-state index in [1.165, 1.54) is 7.11 Å². The van der Waals surface area contributed by atoms with Gasteiger partial charge in [-0.25, -0.2) is 4.79 Å². The molecule has 0 fully saturated rings. The van der Waals surface area contributed by atoms with Crippen molar-refractivity contribution in [2.45, 2.75) is 19.4 Å². The van der Waals surface area contributed by atoms with Gasteiger partial charge in [0.25, 0.3) is 0 Å². The van der Waals surface area contributed by atoms with E-state index >= 15 is 0 Å². The van der Waals surface area contributed by atoms with Crippen LogP contribution in [0, 0.1) is 0 Å². The molecule has 0 bridgehead atoms. The van der Waals surface area contributed by atoms with Crippen LogP contribution in [-0.4, -0.2) is 26.6 Å². The van der Waals surface area contributed by atoms with Crippen molar-refractivity contribution >= 4 is 35.1 Å². The van der Waals surface area contributed by atoms with E-state index in [2.05, 4.69) is 6.58 Å². The molecule has 0 aromatic heterocycles. The molecule has 0 spiro atoms. The lowest BCUT2D eigenvalue weighted by atomic mass is 10.4. The standard InChI is InChI=1S/C8H14Cl2O3Si/c1-7(2)8(11)13-5-4-6-14(9,10)12-3/h1,4-6H2,2-3H3. The minimum atomic E-state index is -2.55. The van der Waals surface area contributed by atoms with Crippen molar-refractivity contribution in [3.63, 3.8) is 0 Å². The normalized spacial score (nSPS) is 11.1. The monoisotopic (exact) mass is 256 g/mol. The molecule has 0 rings (SSSR count). The zero-order valence-electron chi connectivity index (χ0n) is 8.31. The van der Waals surface area contributed by atoms with Gasteiger partial charge in [0.2, 0.25) is 0 Å². The summed E-state index contributed by atoms with van der Waals surface area (Å²) in [4.78, 5) is 10.9. The Morgan fingerprint density at radius 1 is 1.50 bits per heavy atom. The summed E-state index contributed by atoms with van der Waals surface area (Å²) in [5.74, 6) is -0.390. The molecule has 0 amide bonds. The molecule has 0 unspecified atom stereocenters. The minimum absolute atomic E-state index is 0.295. The van der Waals surface area contributed by atoms with E-state index in [1.54, 1.807) is 6.92 Å². The summed E-state index contributed by atoms with van der Waals surface area (Å²) in [6.07, 6.45) is 0.603. The highest BCUT2D eigenvalue weighted by Crippen LogP contribution is 2.22. The van der Waals surface area contributed by atoms with Gasteiger partial charge in [-0.3, -0.25) is 0 Å². The molecule has 6 heteroatoms. The van der Waals surface area contributed by atoms with Crippen LogP contribution < -0.4 is 0 Å². The van der Waals surface area contributed by atoms with Gasteiger partial charge in [0.1, 0.15) is 0 Å². The lowest BCUT2D eigenvalue weighted by molar-refractivity contribution is -0.138. The molecule has 0 aliphatic carbocycles. The summed E-state index contributed by atoms with van der Waals surface area (Å²) < 4.78 is 9.76. The van der Waals surface area contributed by atoms with Crippen molar-refractivity contribution in [2.24, 2.45) is 0 Å². The first kappa shape index (κ1) is 14.0. The van der Waals surface area contributed by atoms with Crippen LogP contribution in [0.25, 0.3) is 0 Å². The molecule has 0 aliphatic heterocycles. The van der Waals surface area contributed by atoms with Crippen LogP contribution in [0.1, 0.15) is 13.3 Å². The SMILES string of the molecule is C=C(C)C(=O)OCCC[Si](Cl)(Cl)OC. The molecule has 0 saturated carbocycles. The molecule has 0 radical (unpaired) electrons. The second-order valence-electron chi connectivity index (χ2n) is 2.86. The molecule has 0 aromatic carbocycles. The summed E-state index contributed by atoms with van der Waals surface area (Å²) >= 11 is 11.6. The molecule has 0 saturated heterocycles. The first-order valence-corrected chi connectivity index (χ1v) is 8.28. The van der Waals surface area contributed by atoms with Crippen LogP contribution in [0.4, 0.5) is 0 Å². The number of carbonyl (C=O) groups excluding carboxylic acids is 1. The van der Waals surface area contributed by atoms with Crippen molar-refractivity contribution in [3.8, 4) is 0 Å². The highest BCUT2D eigenvalue weighted by molar-refractivity contribution is 7.42. The number of hydrogen-bond acceptors (Lipinski definition) is 3. The van der Waals surface area contributed by atoms with Gasteiger partial charge in [-0.1, -0.05) is 6.58 Å². The van der Waals surface area contributed by atoms with Crippen molar-refractivity contribution in [1.29, 1.82) is 0 Å². The number of halogens is 2. The molecular formula is C8H14Cl2O3Si. The summed E-state index contributed by atoms with van der Waals surface area (Å²) in [6.45, 7) is 2.80. The van der Waals surface area contributed by atoms with Gasteiger partial charge >= 0.3 is 12.9 Å². The van der Waals surface area contributed by atoms with Crippen LogP contribution in [0.2, 0.25) is 6.04 Å². The van der Waals surface area contributed by atoms with Gasteiger partial charge in [-0.15, -0.1) is 22.2 Å². The fraction of sp³-hybridized carbons (Fsp3) is 0.625. The second kappa shape index (κ2) is 6.45. The second-order valence-corrected chi connectivity index (χ2v) is 9.29. The van der Waals surface area contributed by atoms with E-state index < -0.39 is 6.94 Å². The smallest absolute Gasteiger partial charge is 0.389 e. The predicted octanol–water partition coefficient (Wildman–Crippen LogP) is 2.56. The Morgan fingerprint density at radius 3 is 2.50 bits per heavy atom. The molecule has 14 heavy (non-hydrogen) atoms. The molecule has 3 nitrogen and oxygen atoms in total. The van der Waals surface area contributed by atoms with Gasteiger partial charge in [-0.2, -0.15) is 0 Å². The number of esters is 1. The van der Waals surface area contributed by atoms with E-state index in [4.69, 9.17) is 31.3 Å². The van der Waals surface area contributed by atoms with Crippen molar-refractivity contribution in [3.05, 3.63) is 12.2 Å². The zero-order valence-corrected chi connectivity index (χ0v) is 10.8. The number of hydrogen-bond donors (Lipinski definition) is 0. The van der Waals surface area contributed by atoms with Crippen molar-refractivity contribution < 1.29 is 14.0 Å². The molecule has 0 aliphatic rings. The lowest BCUT2D eigenvalue weighted by Crippen LogP contribution is -2.22. The van der Waals surface area contributed by atoms with Crippen LogP contribution in [0.15, 0.2) is 12.2 Å². The minimum Gasteiger partial charge on any atom is -0.462 e. The first-order valence-electron chi connectivity index (χ1n) is 4.14. The maximum absolute atomic E-state index is 10.9. The maximum atomic E-state index is 10.9. The van der Waals surface area contributed by atoms with Gasteiger partial charge in [0, 0.05) is 12.7 Å². The Balaban J connectivity index is 3.57. The largest absolute Gasteiger partial charge is 0.462 e. The lowest BCUT2D eigenvalue weighted by Gasteiger charge is -2.13. The van der Waals surface area contributed by atoms with E-state index in [9.17, 15) is 4.79 Å². The Kier molecular flexibility index (Phi) is 6.44. The zero-order chi connectivity index (χ0) is 11.2. The van der Waals surface area contributed by atoms with Crippen LogP contribution >= 0.6 is 22.2 Å². The third-order valence-corrected chi connectivity index (χ3v) is 5.09. The van der Waals surface area contributed by atoms with Crippen molar-refractivity contribution in [2.75, 3.05) is 13.7 Å². The molecule has 82 valence electrons. The molecule has 0 aromatic rings. The summed E-state index contributed by atoms with van der Waals surface area (Å²) in [5, 5.41) is 0. The predicted molar refractivity (Wildman–Crippen MR) is 59.7 cm³/mol. The summed E-state index contributed by atoms with van der Waals surface area (Å²) in [7, 11) is 1.48.